The number of H-pyrrole nitrogens is 1. The van der Waals surface area contributed by atoms with E-state index in [9.17, 15) is 10.1 Å². The molecule has 0 saturated heterocycles. The van der Waals surface area contributed by atoms with Gasteiger partial charge in [-0.3, -0.25) is 15.5 Å². The predicted octanol–water partition coefficient (Wildman–Crippen LogP) is 1.76. The van der Waals surface area contributed by atoms with E-state index >= 15 is 0 Å². The standard InChI is InChI=1S/C10H9N5O2/c16-15(17)9-3-4-10(12-7-9)14-13-6-8-2-1-5-11-8/h1-7,11H,(H,12,14)/b13-6+. The van der Waals surface area contributed by atoms with E-state index in [0.29, 0.717) is 5.82 Å². The molecular formula is C10H9N5O2. The first-order valence-corrected chi connectivity index (χ1v) is 4.78. The summed E-state index contributed by atoms with van der Waals surface area (Å²) in [6, 6.07) is 6.56. The lowest BCUT2D eigenvalue weighted by Crippen LogP contribution is -1.95. The van der Waals surface area contributed by atoms with Gasteiger partial charge in [0.2, 0.25) is 0 Å². The molecule has 0 aliphatic rings. The molecule has 2 aromatic rings. The van der Waals surface area contributed by atoms with Crippen LogP contribution in [-0.4, -0.2) is 21.1 Å². The van der Waals surface area contributed by atoms with E-state index in [1.54, 1.807) is 12.4 Å². The summed E-state index contributed by atoms with van der Waals surface area (Å²) in [5.41, 5.74) is 3.46. The fourth-order valence-electron chi connectivity index (χ4n) is 1.15. The smallest absolute Gasteiger partial charge is 0.287 e. The van der Waals surface area contributed by atoms with Gasteiger partial charge in [-0.2, -0.15) is 5.10 Å². The monoisotopic (exact) mass is 231 g/mol. The number of nitrogens with zero attached hydrogens (tertiary/aromatic N) is 3. The Labute approximate surface area is 96.4 Å². The van der Waals surface area contributed by atoms with Crippen LogP contribution in [0, 0.1) is 10.1 Å². The van der Waals surface area contributed by atoms with Crippen molar-refractivity contribution in [1.29, 1.82) is 0 Å². The number of hydrogen-bond acceptors (Lipinski definition) is 5. The molecule has 0 saturated carbocycles. The Kier molecular flexibility index (Phi) is 3.10. The summed E-state index contributed by atoms with van der Waals surface area (Å²) in [7, 11) is 0. The Hall–Kier alpha value is -2.70. The van der Waals surface area contributed by atoms with Gasteiger partial charge in [0.25, 0.3) is 5.69 Å². The molecule has 17 heavy (non-hydrogen) atoms. The number of anilines is 1. The number of pyridine rings is 1. The largest absolute Gasteiger partial charge is 0.360 e. The lowest BCUT2D eigenvalue weighted by molar-refractivity contribution is -0.385. The highest BCUT2D eigenvalue weighted by Crippen LogP contribution is 2.11. The van der Waals surface area contributed by atoms with Crippen LogP contribution in [0.5, 0.6) is 0 Å². The van der Waals surface area contributed by atoms with E-state index in [-0.39, 0.29) is 5.69 Å². The van der Waals surface area contributed by atoms with Crippen molar-refractivity contribution in [3.05, 3.63) is 52.5 Å². The number of rotatable bonds is 4. The zero-order valence-corrected chi connectivity index (χ0v) is 8.70. The third-order valence-corrected chi connectivity index (χ3v) is 1.96. The van der Waals surface area contributed by atoms with Gasteiger partial charge in [-0.25, -0.2) is 4.98 Å². The van der Waals surface area contributed by atoms with Crippen LogP contribution in [-0.2, 0) is 0 Å². The lowest BCUT2D eigenvalue weighted by Gasteiger charge is -1.97. The van der Waals surface area contributed by atoms with Crippen LogP contribution >= 0.6 is 0 Å². The van der Waals surface area contributed by atoms with Gasteiger partial charge in [0.15, 0.2) is 0 Å². The summed E-state index contributed by atoms with van der Waals surface area (Å²) in [5.74, 6) is 0.443. The molecule has 7 heteroatoms. The van der Waals surface area contributed by atoms with Crippen LogP contribution in [0.4, 0.5) is 11.5 Å². The highest BCUT2D eigenvalue weighted by atomic mass is 16.6. The molecule has 2 heterocycles. The quantitative estimate of drug-likeness (QED) is 0.476. The molecule has 86 valence electrons. The number of aromatic nitrogens is 2. The lowest BCUT2D eigenvalue weighted by atomic mass is 10.4. The van der Waals surface area contributed by atoms with Crippen molar-refractivity contribution in [1.82, 2.24) is 9.97 Å². The third kappa shape index (κ3) is 2.88. The summed E-state index contributed by atoms with van der Waals surface area (Å²) >= 11 is 0. The van der Waals surface area contributed by atoms with Crippen molar-refractivity contribution in [2.75, 3.05) is 5.43 Å². The number of hydrazone groups is 1. The highest BCUT2D eigenvalue weighted by molar-refractivity contribution is 5.77. The van der Waals surface area contributed by atoms with Gasteiger partial charge < -0.3 is 4.98 Å². The first-order valence-electron chi connectivity index (χ1n) is 4.78. The van der Waals surface area contributed by atoms with Gasteiger partial charge in [-0.15, -0.1) is 0 Å². The molecule has 0 fully saturated rings. The van der Waals surface area contributed by atoms with E-state index in [4.69, 9.17) is 0 Å². The van der Waals surface area contributed by atoms with Crippen molar-refractivity contribution in [2.24, 2.45) is 5.10 Å². The maximum atomic E-state index is 10.4. The second-order valence-electron chi connectivity index (χ2n) is 3.15. The van der Waals surface area contributed by atoms with Crippen LogP contribution in [0.1, 0.15) is 5.69 Å². The first-order chi connectivity index (χ1) is 8.25. The Balaban J connectivity index is 1.97. The van der Waals surface area contributed by atoms with Gasteiger partial charge in [-0.05, 0) is 18.2 Å². The minimum Gasteiger partial charge on any atom is -0.360 e. The van der Waals surface area contributed by atoms with E-state index in [1.165, 1.54) is 18.3 Å². The van der Waals surface area contributed by atoms with Gasteiger partial charge in [0.05, 0.1) is 16.8 Å². The number of nitro groups is 1. The van der Waals surface area contributed by atoms with Crippen LogP contribution in [0.15, 0.2) is 41.8 Å². The normalized spacial score (nSPS) is 10.6. The van der Waals surface area contributed by atoms with Crippen molar-refractivity contribution in [2.45, 2.75) is 0 Å². The van der Waals surface area contributed by atoms with Crippen molar-refractivity contribution >= 4 is 17.7 Å². The molecule has 2 N–H and O–H groups in total. The molecular weight excluding hydrogens is 222 g/mol. The molecule has 0 atom stereocenters. The number of aromatic amines is 1. The minimum absolute atomic E-state index is 0.0519. The summed E-state index contributed by atoms with van der Waals surface area (Å²) in [6.07, 6.45) is 4.54. The van der Waals surface area contributed by atoms with Crippen LogP contribution in [0.2, 0.25) is 0 Å². The second-order valence-corrected chi connectivity index (χ2v) is 3.15. The topological polar surface area (TPSA) is 96.2 Å². The van der Waals surface area contributed by atoms with E-state index in [1.807, 2.05) is 12.1 Å². The highest BCUT2D eigenvalue weighted by Gasteiger charge is 2.03. The van der Waals surface area contributed by atoms with E-state index in [0.717, 1.165) is 5.69 Å². The van der Waals surface area contributed by atoms with Crippen LogP contribution in [0.3, 0.4) is 0 Å². The second kappa shape index (κ2) is 4.88. The molecule has 2 aromatic heterocycles. The fourth-order valence-corrected chi connectivity index (χ4v) is 1.15. The summed E-state index contributed by atoms with van der Waals surface area (Å²) in [4.78, 5) is 16.7. The van der Waals surface area contributed by atoms with Crippen molar-refractivity contribution in [3.63, 3.8) is 0 Å². The molecule has 2 rings (SSSR count). The van der Waals surface area contributed by atoms with Gasteiger partial charge >= 0.3 is 0 Å². The molecule has 0 radical (unpaired) electrons. The molecule has 7 nitrogen and oxygen atoms in total. The Morgan fingerprint density at radius 2 is 2.35 bits per heavy atom. The summed E-state index contributed by atoms with van der Waals surface area (Å²) in [6.45, 7) is 0. The third-order valence-electron chi connectivity index (χ3n) is 1.96. The maximum absolute atomic E-state index is 10.4. The predicted molar refractivity (Wildman–Crippen MR) is 62.9 cm³/mol. The van der Waals surface area contributed by atoms with E-state index in [2.05, 4.69) is 20.5 Å². The van der Waals surface area contributed by atoms with Crippen molar-refractivity contribution in [3.8, 4) is 0 Å². The van der Waals surface area contributed by atoms with Crippen LogP contribution in [0.25, 0.3) is 0 Å². The van der Waals surface area contributed by atoms with Crippen LogP contribution < -0.4 is 5.43 Å². The average Bonchev–Trinajstić information content (AvgIpc) is 2.83. The van der Waals surface area contributed by atoms with Gasteiger partial charge in [-0.1, -0.05) is 0 Å². The molecule has 0 aliphatic carbocycles. The van der Waals surface area contributed by atoms with Gasteiger partial charge in [0, 0.05) is 12.3 Å². The molecule has 0 spiro atoms. The van der Waals surface area contributed by atoms with E-state index < -0.39 is 4.92 Å². The Morgan fingerprint density at radius 1 is 1.47 bits per heavy atom. The fraction of sp³-hybridized carbons (Fsp3) is 0. The Bertz CT molecular complexity index is 518. The number of hydrogen-bond donors (Lipinski definition) is 2. The molecule has 0 aliphatic heterocycles. The zero-order chi connectivity index (χ0) is 12.1. The zero-order valence-electron chi connectivity index (χ0n) is 8.70. The SMILES string of the molecule is O=[N+]([O-])c1ccc(N/N=C/c2ccc[nH]2)nc1. The minimum atomic E-state index is -0.501. The summed E-state index contributed by atoms with van der Waals surface area (Å²) in [5, 5.41) is 14.3. The Morgan fingerprint density at radius 3 is 2.94 bits per heavy atom. The molecule has 0 aromatic carbocycles. The van der Waals surface area contributed by atoms with Crippen molar-refractivity contribution < 1.29 is 4.92 Å². The molecule has 0 amide bonds. The average molecular weight is 231 g/mol. The first kappa shape index (κ1) is 10.8. The number of nitrogens with one attached hydrogen (secondary N) is 2. The maximum Gasteiger partial charge on any atom is 0.287 e. The summed E-state index contributed by atoms with van der Waals surface area (Å²) < 4.78 is 0. The molecule has 0 unspecified atom stereocenters. The van der Waals surface area contributed by atoms with Gasteiger partial charge in [0.1, 0.15) is 12.0 Å². The molecule has 0 bridgehead atoms.